The first-order valence-corrected chi connectivity index (χ1v) is 5.63. The normalized spacial score (nSPS) is 23.5. The Labute approximate surface area is 85.5 Å². The minimum Gasteiger partial charge on any atom is -0.310 e. The van der Waals surface area contributed by atoms with Gasteiger partial charge in [-0.3, -0.25) is 0 Å². The summed E-state index contributed by atoms with van der Waals surface area (Å²) in [7, 11) is 2.08. The van der Waals surface area contributed by atoms with Crippen LogP contribution < -0.4 is 5.32 Å². The maximum atomic E-state index is 3.46. The molecule has 74 valence electrons. The van der Waals surface area contributed by atoms with Gasteiger partial charge in [-0.1, -0.05) is 24.3 Å². The Hall–Kier alpha value is -0.820. The maximum absolute atomic E-state index is 3.46. The highest BCUT2D eigenvalue weighted by molar-refractivity contribution is 5.36. The van der Waals surface area contributed by atoms with Crippen LogP contribution in [0.15, 0.2) is 24.3 Å². The molecule has 1 nitrogen and oxygen atoms in total. The molecule has 1 N–H and O–H groups in total. The molecule has 2 fully saturated rings. The number of rotatable bonds is 3. The lowest BCUT2D eigenvalue weighted by atomic mass is 10.0. The smallest absolute Gasteiger partial charge is 0.0433 e. The molecule has 1 aromatic carbocycles. The van der Waals surface area contributed by atoms with Gasteiger partial charge in [-0.15, -0.1) is 0 Å². The topological polar surface area (TPSA) is 12.0 Å². The van der Waals surface area contributed by atoms with Crippen molar-refractivity contribution in [1.82, 2.24) is 5.32 Å². The van der Waals surface area contributed by atoms with Gasteiger partial charge in [-0.2, -0.15) is 0 Å². The van der Waals surface area contributed by atoms with Gasteiger partial charge in [0.05, 0.1) is 0 Å². The third-order valence-corrected chi connectivity index (χ3v) is 3.72. The van der Waals surface area contributed by atoms with Gasteiger partial charge in [0, 0.05) is 5.54 Å². The van der Waals surface area contributed by atoms with E-state index in [1.165, 1.54) is 31.2 Å². The maximum Gasteiger partial charge on any atom is 0.0433 e. The van der Waals surface area contributed by atoms with Crippen LogP contribution in [0.2, 0.25) is 0 Å². The standard InChI is InChI=1S/C13H17N/c1-14-13(7-8-13)12-4-2-3-11(9-12)10-5-6-10/h2-4,9-10,14H,5-8H2,1H3. The Morgan fingerprint density at radius 3 is 2.64 bits per heavy atom. The largest absolute Gasteiger partial charge is 0.310 e. The molecule has 0 saturated heterocycles. The van der Waals surface area contributed by atoms with E-state index < -0.39 is 0 Å². The van der Waals surface area contributed by atoms with E-state index in [1.807, 2.05) is 0 Å². The summed E-state index contributed by atoms with van der Waals surface area (Å²) in [6.07, 6.45) is 5.40. The lowest BCUT2D eigenvalue weighted by Crippen LogP contribution is -2.24. The molecule has 0 radical (unpaired) electrons. The SMILES string of the molecule is CNC1(c2cccc(C3CC3)c2)CC1. The number of hydrogen-bond acceptors (Lipinski definition) is 1. The van der Waals surface area contributed by atoms with Gasteiger partial charge < -0.3 is 5.32 Å². The van der Waals surface area contributed by atoms with Crippen LogP contribution in [-0.4, -0.2) is 7.05 Å². The molecular formula is C13H17N. The summed E-state index contributed by atoms with van der Waals surface area (Å²) < 4.78 is 0. The van der Waals surface area contributed by atoms with Crippen molar-refractivity contribution < 1.29 is 0 Å². The Balaban J connectivity index is 1.94. The molecule has 0 spiro atoms. The molecule has 0 unspecified atom stereocenters. The van der Waals surface area contributed by atoms with Crippen LogP contribution in [0.1, 0.15) is 42.7 Å². The highest BCUT2D eigenvalue weighted by Gasteiger charge is 2.42. The predicted molar refractivity (Wildman–Crippen MR) is 58.4 cm³/mol. The van der Waals surface area contributed by atoms with E-state index in [0.717, 1.165) is 5.92 Å². The highest BCUT2D eigenvalue weighted by atomic mass is 15.0. The van der Waals surface area contributed by atoms with Gasteiger partial charge >= 0.3 is 0 Å². The van der Waals surface area contributed by atoms with E-state index in [0.29, 0.717) is 5.54 Å². The van der Waals surface area contributed by atoms with Crippen molar-refractivity contribution in [2.24, 2.45) is 0 Å². The van der Waals surface area contributed by atoms with Crippen LogP contribution >= 0.6 is 0 Å². The number of nitrogens with one attached hydrogen (secondary N) is 1. The van der Waals surface area contributed by atoms with E-state index >= 15 is 0 Å². The van der Waals surface area contributed by atoms with Crippen LogP contribution in [0, 0.1) is 0 Å². The fraction of sp³-hybridized carbons (Fsp3) is 0.538. The van der Waals surface area contributed by atoms with E-state index in [4.69, 9.17) is 0 Å². The molecule has 1 heteroatoms. The highest BCUT2D eigenvalue weighted by Crippen LogP contribution is 2.47. The fourth-order valence-corrected chi connectivity index (χ4v) is 2.31. The summed E-state index contributed by atoms with van der Waals surface area (Å²) in [6.45, 7) is 0. The van der Waals surface area contributed by atoms with Gasteiger partial charge in [0.15, 0.2) is 0 Å². The second-order valence-electron chi connectivity index (χ2n) is 4.73. The van der Waals surface area contributed by atoms with Crippen molar-refractivity contribution in [2.75, 3.05) is 7.05 Å². The first-order chi connectivity index (χ1) is 6.84. The Kier molecular flexibility index (Phi) is 1.72. The van der Waals surface area contributed by atoms with E-state index in [-0.39, 0.29) is 0 Å². The molecule has 2 aliphatic rings. The summed E-state index contributed by atoms with van der Waals surface area (Å²) in [5.74, 6) is 0.877. The molecule has 14 heavy (non-hydrogen) atoms. The average Bonchev–Trinajstić information content (AvgIpc) is 3.12. The Bertz CT molecular complexity index is 348. The molecule has 1 aromatic rings. The summed E-state index contributed by atoms with van der Waals surface area (Å²) in [5, 5.41) is 3.46. The van der Waals surface area contributed by atoms with Gasteiger partial charge in [0.25, 0.3) is 0 Å². The van der Waals surface area contributed by atoms with Crippen molar-refractivity contribution in [3.8, 4) is 0 Å². The zero-order valence-electron chi connectivity index (χ0n) is 8.72. The summed E-state index contributed by atoms with van der Waals surface area (Å²) in [6, 6.07) is 9.20. The molecule has 2 aliphatic carbocycles. The van der Waals surface area contributed by atoms with E-state index in [2.05, 4.69) is 36.6 Å². The van der Waals surface area contributed by atoms with Gasteiger partial charge in [0.2, 0.25) is 0 Å². The van der Waals surface area contributed by atoms with Crippen LogP contribution in [-0.2, 0) is 5.54 Å². The molecule has 0 bridgehead atoms. The molecule has 0 aliphatic heterocycles. The Morgan fingerprint density at radius 2 is 2.07 bits per heavy atom. The lowest BCUT2D eigenvalue weighted by molar-refractivity contribution is 0.585. The fourth-order valence-electron chi connectivity index (χ4n) is 2.31. The minimum absolute atomic E-state index is 0.338. The zero-order chi connectivity index (χ0) is 9.60. The third-order valence-electron chi connectivity index (χ3n) is 3.72. The first kappa shape index (κ1) is 8.49. The molecular weight excluding hydrogens is 170 g/mol. The molecule has 0 atom stereocenters. The van der Waals surface area contributed by atoms with Gasteiger partial charge in [-0.05, 0) is 49.8 Å². The second-order valence-corrected chi connectivity index (χ2v) is 4.73. The van der Waals surface area contributed by atoms with Crippen LogP contribution in [0.3, 0.4) is 0 Å². The third kappa shape index (κ3) is 1.27. The van der Waals surface area contributed by atoms with Crippen molar-refractivity contribution in [2.45, 2.75) is 37.1 Å². The van der Waals surface area contributed by atoms with Crippen LogP contribution in [0.25, 0.3) is 0 Å². The van der Waals surface area contributed by atoms with Crippen LogP contribution in [0.4, 0.5) is 0 Å². The Morgan fingerprint density at radius 1 is 1.29 bits per heavy atom. The zero-order valence-corrected chi connectivity index (χ0v) is 8.72. The number of hydrogen-bond donors (Lipinski definition) is 1. The molecule has 0 amide bonds. The summed E-state index contributed by atoms with van der Waals surface area (Å²) in [4.78, 5) is 0. The molecule has 0 aromatic heterocycles. The minimum atomic E-state index is 0.338. The second kappa shape index (κ2) is 2.83. The van der Waals surface area contributed by atoms with E-state index in [1.54, 1.807) is 5.56 Å². The van der Waals surface area contributed by atoms with Crippen molar-refractivity contribution in [3.63, 3.8) is 0 Å². The van der Waals surface area contributed by atoms with Crippen molar-refractivity contribution in [3.05, 3.63) is 35.4 Å². The predicted octanol–water partition coefficient (Wildman–Crippen LogP) is 2.77. The van der Waals surface area contributed by atoms with E-state index in [9.17, 15) is 0 Å². The summed E-state index contributed by atoms with van der Waals surface area (Å²) >= 11 is 0. The first-order valence-electron chi connectivity index (χ1n) is 5.63. The quantitative estimate of drug-likeness (QED) is 0.767. The average molecular weight is 187 g/mol. The molecule has 3 rings (SSSR count). The molecule has 2 saturated carbocycles. The van der Waals surface area contributed by atoms with Gasteiger partial charge in [0.1, 0.15) is 0 Å². The number of benzene rings is 1. The van der Waals surface area contributed by atoms with Crippen molar-refractivity contribution >= 4 is 0 Å². The molecule has 0 heterocycles. The van der Waals surface area contributed by atoms with Crippen molar-refractivity contribution in [1.29, 1.82) is 0 Å². The lowest BCUT2D eigenvalue weighted by Gasteiger charge is -2.15. The van der Waals surface area contributed by atoms with Crippen LogP contribution in [0.5, 0.6) is 0 Å². The van der Waals surface area contributed by atoms with Gasteiger partial charge in [-0.25, -0.2) is 0 Å². The monoisotopic (exact) mass is 187 g/mol. The summed E-state index contributed by atoms with van der Waals surface area (Å²) in [5.41, 5.74) is 3.40.